The van der Waals surface area contributed by atoms with Gasteiger partial charge in [-0.25, -0.2) is 0 Å². The molecule has 2 unspecified atom stereocenters. The minimum atomic E-state index is -0.0983. The van der Waals surface area contributed by atoms with E-state index in [0.29, 0.717) is 0 Å². The van der Waals surface area contributed by atoms with Crippen molar-refractivity contribution in [2.75, 3.05) is 12.3 Å². The van der Waals surface area contributed by atoms with Gasteiger partial charge in [-0.3, -0.25) is 9.69 Å². The van der Waals surface area contributed by atoms with Crippen LogP contribution in [0.3, 0.4) is 0 Å². The number of hydrogen-bond acceptors (Lipinski definition) is 3. The van der Waals surface area contributed by atoms with Gasteiger partial charge in [-0.2, -0.15) is 0 Å². The lowest BCUT2D eigenvalue weighted by Gasteiger charge is -2.34. The van der Waals surface area contributed by atoms with Gasteiger partial charge in [0.1, 0.15) is 0 Å². The number of nitrogens with one attached hydrogen (secondary N) is 1. The highest BCUT2D eigenvalue weighted by Crippen LogP contribution is 2.25. The molecule has 1 aliphatic heterocycles. The van der Waals surface area contributed by atoms with Crippen molar-refractivity contribution in [1.82, 2.24) is 10.2 Å². The summed E-state index contributed by atoms with van der Waals surface area (Å²) in [7, 11) is 0. The molecule has 1 heterocycles. The molecule has 0 saturated carbocycles. The van der Waals surface area contributed by atoms with Crippen molar-refractivity contribution in [2.24, 2.45) is 0 Å². The highest BCUT2D eigenvalue weighted by atomic mass is 16.2. The van der Waals surface area contributed by atoms with E-state index in [1.807, 2.05) is 19.1 Å². The Labute approximate surface area is 127 Å². The SMILES string of the molecule is CCCC(C)NC(=O)C(C)N1CCc2c(N)cccc2C1. The summed E-state index contributed by atoms with van der Waals surface area (Å²) in [6.45, 7) is 7.89. The van der Waals surface area contributed by atoms with Crippen molar-refractivity contribution in [1.29, 1.82) is 0 Å². The van der Waals surface area contributed by atoms with Crippen LogP contribution in [-0.2, 0) is 17.8 Å². The van der Waals surface area contributed by atoms with E-state index in [9.17, 15) is 4.79 Å². The average Bonchev–Trinajstić information content (AvgIpc) is 2.46. The Balaban J connectivity index is 1.98. The first-order valence-electron chi connectivity index (χ1n) is 7.93. The summed E-state index contributed by atoms with van der Waals surface area (Å²) in [6, 6.07) is 6.21. The molecule has 0 saturated heterocycles. The molecule has 116 valence electrons. The lowest BCUT2D eigenvalue weighted by Crippen LogP contribution is -2.49. The second-order valence-corrected chi connectivity index (χ2v) is 6.08. The Morgan fingerprint density at radius 2 is 2.19 bits per heavy atom. The van der Waals surface area contributed by atoms with Gasteiger partial charge in [0.05, 0.1) is 6.04 Å². The van der Waals surface area contributed by atoms with E-state index in [4.69, 9.17) is 5.73 Å². The van der Waals surface area contributed by atoms with Crippen LogP contribution in [0.1, 0.15) is 44.7 Å². The van der Waals surface area contributed by atoms with Crippen molar-refractivity contribution >= 4 is 11.6 Å². The molecule has 4 heteroatoms. The highest BCUT2D eigenvalue weighted by molar-refractivity contribution is 5.81. The van der Waals surface area contributed by atoms with E-state index >= 15 is 0 Å². The Kier molecular flexibility index (Phi) is 5.23. The van der Waals surface area contributed by atoms with Crippen LogP contribution < -0.4 is 11.1 Å². The van der Waals surface area contributed by atoms with Gasteiger partial charge in [0.2, 0.25) is 5.91 Å². The summed E-state index contributed by atoms with van der Waals surface area (Å²) in [6.07, 6.45) is 3.04. The summed E-state index contributed by atoms with van der Waals surface area (Å²) in [5.41, 5.74) is 9.40. The smallest absolute Gasteiger partial charge is 0.237 e. The van der Waals surface area contributed by atoms with Crippen molar-refractivity contribution < 1.29 is 4.79 Å². The Bertz CT molecular complexity index is 501. The summed E-state index contributed by atoms with van der Waals surface area (Å²) in [5.74, 6) is 0.128. The Morgan fingerprint density at radius 1 is 1.43 bits per heavy atom. The van der Waals surface area contributed by atoms with Gasteiger partial charge >= 0.3 is 0 Å². The molecular formula is C17H27N3O. The summed E-state index contributed by atoms with van der Waals surface area (Å²) >= 11 is 0. The monoisotopic (exact) mass is 289 g/mol. The summed E-state index contributed by atoms with van der Waals surface area (Å²) in [5, 5.41) is 3.11. The van der Waals surface area contributed by atoms with Gasteiger partial charge in [-0.05, 0) is 43.9 Å². The predicted octanol–water partition coefficient (Wildman–Crippen LogP) is 2.32. The average molecular weight is 289 g/mol. The van der Waals surface area contributed by atoms with Gasteiger partial charge in [0.25, 0.3) is 0 Å². The molecule has 0 fully saturated rings. The van der Waals surface area contributed by atoms with Crippen molar-refractivity contribution in [3.05, 3.63) is 29.3 Å². The van der Waals surface area contributed by atoms with Gasteiger partial charge in [0, 0.05) is 24.8 Å². The number of carbonyl (C=O) groups excluding carboxylic acids is 1. The first-order chi connectivity index (χ1) is 10.0. The summed E-state index contributed by atoms with van der Waals surface area (Å²) in [4.78, 5) is 14.6. The molecule has 1 amide bonds. The third kappa shape index (κ3) is 3.76. The Hall–Kier alpha value is -1.55. The number of nitrogens with zero attached hydrogens (tertiary/aromatic N) is 1. The quantitative estimate of drug-likeness (QED) is 0.818. The molecule has 0 spiro atoms. The molecule has 0 aromatic heterocycles. The molecule has 1 aliphatic rings. The topological polar surface area (TPSA) is 58.4 Å². The van der Waals surface area contributed by atoms with Gasteiger partial charge in [-0.15, -0.1) is 0 Å². The maximum Gasteiger partial charge on any atom is 0.237 e. The number of anilines is 1. The molecule has 4 nitrogen and oxygen atoms in total. The number of benzene rings is 1. The van der Waals surface area contributed by atoms with E-state index in [-0.39, 0.29) is 18.0 Å². The molecule has 1 aromatic rings. The second kappa shape index (κ2) is 6.94. The van der Waals surface area contributed by atoms with Crippen LogP contribution in [0.2, 0.25) is 0 Å². The molecule has 0 radical (unpaired) electrons. The zero-order valence-electron chi connectivity index (χ0n) is 13.4. The number of nitrogen functional groups attached to an aromatic ring is 1. The molecule has 2 rings (SSSR count). The van der Waals surface area contributed by atoms with Gasteiger partial charge < -0.3 is 11.1 Å². The first kappa shape index (κ1) is 15.8. The van der Waals surface area contributed by atoms with E-state index in [2.05, 4.69) is 30.1 Å². The molecule has 3 N–H and O–H groups in total. The van der Waals surface area contributed by atoms with E-state index in [1.54, 1.807) is 0 Å². The number of amides is 1. The van der Waals surface area contributed by atoms with Gasteiger partial charge in [-0.1, -0.05) is 25.5 Å². The Morgan fingerprint density at radius 3 is 2.90 bits per heavy atom. The van der Waals surface area contributed by atoms with Crippen LogP contribution in [-0.4, -0.2) is 29.4 Å². The molecule has 21 heavy (non-hydrogen) atoms. The zero-order valence-corrected chi connectivity index (χ0v) is 13.4. The molecular weight excluding hydrogens is 262 g/mol. The second-order valence-electron chi connectivity index (χ2n) is 6.08. The van der Waals surface area contributed by atoms with Crippen LogP contribution in [0.25, 0.3) is 0 Å². The molecule has 2 atom stereocenters. The van der Waals surface area contributed by atoms with Crippen molar-refractivity contribution in [3.63, 3.8) is 0 Å². The summed E-state index contributed by atoms with van der Waals surface area (Å²) < 4.78 is 0. The molecule has 0 aliphatic carbocycles. The van der Waals surface area contributed by atoms with E-state index in [1.165, 1.54) is 11.1 Å². The first-order valence-corrected chi connectivity index (χ1v) is 7.93. The number of fused-ring (bicyclic) bond motifs is 1. The fraction of sp³-hybridized carbons (Fsp3) is 0.588. The standard InChI is InChI=1S/C17H27N3O/c1-4-6-12(2)19-17(21)13(3)20-10-9-15-14(11-20)7-5-8-16(15)18/h5,7-8,12-13H,4,6,9-11,18H2,1-3H3,(H,19,21). The highest BCUT2D eigenvalue weighted by Gasteiger charge is 2.26. The number of carbonyl (C=O) groups is 1. The van der Waals surface area contributed by atoms with Crippen molar-refractivity contribution in [2.45, 2.75) is 58.7 Å². The fourth-order valence-electron chi connectivity index (χ4n) is 3.03. The van der Waals surface area contributed by atoms with E-state index in [0.717, 1.165) is 38.0 Å². The number of hydrogen-bond donors (Lipinski definition) is 2. The predicted molar refractivity (Wildman–Crippen MR) is 86.9 cm³/mol. The largest absolute Gasteiger partial charge is 0.398 e. The lowest BCUT2D eigenvalue weighted by atomic mass is 9.97. The fourth-order valence-corrected chi connectivity index (χ4v) is 3.03. The minimum Gasteiger partial charge on any atom is -0.398 e. The lowest BCUT2D eigenvalue weighted by molar-refractivity contribution is -0.126. The molecule has 1 aromatic carbocycles. The van der Waals surface area contributed by atoms with Crippen LogP contribution in [0.4, 0.5) is 5.69 Å². The zero-order chi connectivity index (χ0) is 15.4. The van der Waals surface area contributed by atoms with E-state index < -0.39 is 0 Å². The minimum absolute atomic E-state index is 0.0983. The maximum atomic E-state index is 12.3. The third-order valence-electron chi connectivity index (χ3n) is 4.37. The van der Waals surface area contributed by atoms with Crippen LogP contribution in [0.5, 0.6) is 0 Å². The number of rotatable bonds is 5. The maximum absolute atomic E-state index is 12.3. The van der Waals surface area contributed by atoms with Gasteiger partial charge in [0.15, 0.2) is 0 Å². The molecule has 0 bridgehead atoms. The normalized spacial score (nSPS) is 17.9. The van der Waals surface area contributed by atoms with Crippen molar-refractivity contribution in [3.8, 4) is 0 Å². The number of nitrogens with two attached hydrogens (primary N) is 1. The van der Waals surface area contributed by atoms with Crippen LogP contribution in [0, 0.1) is 0 Å². The van der Waals surface area contributed by atoms with Crippen LogP contribution >= 0.6 is 0 Å². The third-order valence-corrected chi connectivity index (χ3v) is 4.37. The van der Waals surface area contributed by atoms with Crippen LogP contribution in [0.15, 0.2) is 18.2 Å².